The van der Waals surface area contributed by atoms with Crippen LogP contribution in [0.1, 0.15) is 56.9 Å². The zero-order valence-electron chi connectivity index (χ0n) is 13.9. The highest BCUT2D eigenvalue weighted by atomic mass is 16.3. The largest absolute Gasteiger partial charge is 0.393 e. The predicted octanol–water partition coefficient (Wildman–Crippen LogP) is 3.46. The first-order valence-electron chi connectivity index (χ1n) is 9.22. The summed E-state index contributed by atoms with van der Waals surface area (Å²) in [6.45, 7) is 0. The molecule has 2 aliphatic rings. The number of hydrogen-bond donors (Lipinski definition) is 2. The molecule has 0 unspecified atom stereocenters. The van der Waals surface area contributed by atoms with Gasteiger partial charge >= 0.3 is 0 Å². The molecule has 3 heteroatoms. The van der Waals surface area contributed by atoms with E-state index in [-0.39, 0.29) is 18.1 Å². The highest BCUT2D eigenvalue weighted by Crippen LogP contribution is 2.32. The minimum Gasteiger partial charge on any atom is -0.393 e. The number of aliphatic hydroxyl groups is 1. The van der Waals surface area contributed by atoms with Crippen LogP contribution in [-0.2, 0) is 11.2 Å². The number of carbonyl (C=O) groups is 1. The van der Waals surface area contributed by atoms with E-state index in [1.165, 1.54) is 31.2 Å². The van der Waals surface area contributed by atoms with Crippen molar-refractivity contribution in [3.8, 4) is 0 Å². The van der Waals surface area contributed by atoms with Crippen LogP contribution in [0.25, 0.3) is 0 Å². The van der Waals surface area contributed by atoms with Crippen molar-refractivity contribution < 1.29 is 9.90 Å². The molecule has 0 radical (unpaired) electrons. The van der Waals surface area contributed by atoms with E-state index in [4.69, 9.17) is 0 Å². The lowest BCUT2D eigenvalue weighted by Crippen LogP contribution is -2.48. The van der Waals surface area contributed by atoms with Gasteiger partial charge in [-0.25, -0.2) is 0 Å². The molecule has 0 saturated heterocycles. The number of amides is 1. The molecule has 1 aromatic carbocycles. The predicted molar refractivity (Wildman–Crippen MR) is 92.0 cm³/mol. The molecule has 2 aliphatic carbocycles. The van der Waals surface area contributed by atoms with E-state index in [0.717, 1.165) is 31.6 Å². The van der Waals surface area contributed by atoms with Crippen LogP contribution < -0.4 is 5.32 Å². The third kappa shape index (κ3) is 4.81. The average molecular weight is 315 g/mol. The van der Waals surface area contributed by atoms with Gasteiger partial charge in [0, 0.05) is 12.5 Å². The van der Waals surface area contributed by atoms with Gasteiger partial charge in [-0.15, -0.1) is 0 Å². The van der Waals surface area contributed by atoms with Crippen LogP contribution in [0.2, 0.25) is 0 Å². The number of benzene rings is 1. The fourth-order valence-corrected chi connectivity index (χ4v) is 4.08. The molecule has 3 nitrogen and oxygen atoms in total. The summed E-state index contributed by atoms with van der Waals surface area (Å²) in [6.07, 6.45) is 9.31. The summed E-state index contributed by atoms with van der Waals surface area (Å²) in [5, 5.41) is 12.9. The van der Waals surface area contributed by atoms with E-state index in [0.29, 0.717) is 12.3 Å². The zero-order chi connectivity index (χ0) is 16.1. The Labute approximate surface area is 139 Å². The third-order valence-corrected chi connectivity index (χ3v) is 5.62. The Bertz CT molecular complexity index is 490. The van der Waals surface area contributed by atoms with Crippen LogP contribution in [-0.4, -0.2) is 23.2 Å². The molecule has 23 heavy (non-hydrogen) atoms. The van der Waals surface area contributed by atoms with Gasteiger partial charge in [0.15, 0.2) is 0 Å². The lowest BCUT2D eigenvalue weighted by molar-refractivity contribution is -0.123. The van der Waals surface area contributed by atoms with Gasteiger partial charge in [0.2, 0.25) is 5.91 Å². The quantitative estimate of drug-likeness (QED) is 0.809. The summed E-state index contributed by atoms with van der Waals surface area (Å²) in [5.74, 6) is 1.37. The Kier molecular flexibility index (Phi) is 5.71. The first kappa shape index (κ1) is 16.5. The number of hydrogen-bond acceptors (Lipinski definition) is 2. The van der Waals surface area contributed by atoms with Crippen LogP contribution in [0.4, 0.5) is 0 Å². The van der Waals surface area contributed by atoms with Gasteiger partial charge in [0.25, 0.3) is 0 Å². The summed E-state index contributed by atoms with van der Waals surface area (Å²) >= 11 is 0. The van der Waals surface area contributed by atoms with Crippen LogP contribution in [0.3, 0.4) is 0 Å². The smallest absolute Gasteiger partial charge is 0.220 e. The molecule has 1 amide bonds. The molecular weight excluding hydrogens is 286 g/mol. The van der Waals surface area contributed by atoms with Crippen molar-refractivity contribution in [2.24, 2.45) is 11.8 Å². The van der Waals surface area contributed by atoms with E-state index >= 15 is 0 Å². The van der Waals surface area contributed by atoms with Crippen molar-refractivity contribution in [2.45, 2.75) is 69.9 Å². The second kappa shape index (κ2) is 7.96. The molecule has 2 N–H and O–H groups in total. The molecule has 1 aromatic rings. The summed E-state index contributed by atoms with van der Waals surface area (Å²) in [4.78, 5) is 12.4. The van der Waals surface area contributed by atoms with Gasteiger partial charge in [0.05, 0.1) is 6.10 Å². The second-order valence-corrected chi connectivity index (χ2v) is 7.44. The molecule has 2 fully saturated rings. The Balaban J connectivity index is 1.51. The fourth-order valence-electron chi connectivity index (χ4n) is 4.08. The Hall–Kier alpha value is -1.35. The first-order valence-corrected chi connectivity index (χ1v) is 9.22. The van der Waals surface area contributed by atoms with Crippen LogP contribution in [0.15, 0.2) is 30.3 Å². The van der Waals surface area contributed by atoms with Gasteiger partial charge in [-0.1, -0.05) is 56.0 Å². The van der Waals surface area contributed by atoms with Crippen molar-refractivity contribution in [1.82, 2.24) is 5.32 Å². The SMILES string of the molecule is O=C(CCC1CCCC1)N[C@@H](Cc1ccccc1)C1CC(O)C1. The summed E-state index contributed by atoms with van der Waals surface area (Å²) in [7, 11) is 0. The van der Waals surface area contributed by atoms with E-state index in [1.54, 1.807) is 0 Å². The summed E-state index contributed by atoms with van der Waals surface area (Å²) < 4.78 is 0. The molecule has 0 aliphatic heterocycles. The molecule has 2 saturated carbocycles. The molecule has 0 spiro atoms. The van der Waals surface area contributed by atoms with Crippen LogP contribution >= 0.6 is 0 Å². The van der Waals surface area contributed by atoms with Gasteiger partial charge in [0.1, 0.15) is 0 Å². The molecule has 126 valence electrons. The van der Waals surface area contributed by atoms with Gasteiger partial charge in [-0.3, -0.25) is 4.79 Å². The van der Waals surface area contributed by atoms with E-state index in [9.17, 15) is 9.90 Å². The lowest BCUT2D eigenvalue weighted by Gasteiger charge is -2.38. The number of aliphatic hydroxyl groups excluding tert-OH is 1. The summed E-state index contributed by atoms with van der Waals surface area (Å²) in [6, 6.07) is 10.5. The topological polar surface area (TPSA) is 49.3 Å². The Morgan fingerprint density at radius 3 is 2.52 bits per heavy atom. The molecular formula is C20H29NO2. The standard InChI is InChI=1S/C20H29NO2/c22-18-13-17(14-18)19(12-16-8-2-1-3-9-16)21-20(23)11-10-15-6-4-5-7-15/h1-3,8-9,15,17-19,22H,4-7,10-14H2,(H,21,23)/t17?,18?,19-/m0/s1. The van der Waals surface area contributed by atoms with Crippen molar-refractivity contribution in [1.29, 1.82) is 0 Å². The van der Waals surface area contributed by atoms with Gasteiger partial charge < -0.3 is 10.4 Å². The molecule has 0 bridgehead atoms. The van der Waals surface area contributed by atoms with E-state index in [2.05, 4.69) is 17.4 Å². The normalized spacial score (nSPS) is 25.8. The minimum absolute atomic E-state index is 0.164. The average Bonchev–Trinajstić information content (AvgIpc) is 3.04. The first-order chi connectivity index (χ1) is 11.2. The van der Waals surface area contributed by atoms with Crippen molar-refractivity contribution in [3.05, 3.63) is 35.9 Å². The highest BCUT2D eigenvalue weighted by Gasteiger charge is 2.34. The molecule has 1 atom stereocenters. The van der Waals surface area contributed by atoms with E-state index in [1.807, 2.05) is 18.2 Å². The zero-order valence-corrected chi connectivity index (χ0v) is 13.9. The monoisotopic (exact) mass is 315 g/mol. The molecule has 0 aromatic heterocycles. The maximum Gasteiger partial charge on any atom is 0.220 e. The fraction of sp³-hybridized carbons (Fsp3) is 0.650. The van der Waals surface area contributed by atoms with Gasteiger partial charge in [-0.2, -0.15) is 0 Å². The molecule has 3 rings (SSSR count). The number of nitrogens with one attached hydrogen (secondary N) is 1. The molecule has 0 heterocycles. The van der Waals surface area contributed by atoms with E-state index < -0.39 is 0 Å². The lowest BCUT2D eigenvalue weighted by atomic mass is 9.75. The van der Waals surface area contributed by atoms with Crippen molar-refractivity contribution in [2.75, 3.05) is 0 Å². The van der Waals surface area contributed by atoms with Crippen LogP contribution in [0, 0.1) is 11.8 Å². The highest BCUT2D eigenvalue weighted by molar-refractivity contribution is 5.76. The third-order valence-electron chi connectivity index (χ3n) is 5.62. The Morgan fingerprint density at radius 1 is 1.17 bits per heavy atom. The number of carbonyl (C=O) groups excluding carboxylic acids is 1. The minimum atomic E-state index is -0.173. The Morgan fingerprint density at radius 2 is 1.87 bits per heavy atom. The van der Waals surface area contributed by atoms with Crippen LogP contribution in [0.5, 0.6) is 0 Å². The maximum atomic E-state index is 12.4. The number of rotatable bonds is 7. The maximum absolute atomic E-state index is 12.4. The van der Waals surface area contributed by atoms with Crippen molar-refractivity contribution in [3.63, 3.8) is 0 Å². The second-order valence-electron chi connectivity index (χ2n) is 7.44. The van der Waals surface area contributed by atoms with Crippen molar-refractivity contribution >= 4 is 5.91 Å². The summed E-state index contributed by atoms with van der Waals surface area (Å²) in [5.41, 5.74) is 1.26. The van der Waals surface area contributed by atoms with Gasteiger partial charge in [-0.05, 0) is 43.1 Å².